The van der Waals surface area contributed by atoms with Crippen LogP contribution in [0.25, 0.3) is 10.8 Å². The number of carbonyl (C=O) groups is 1. The molecule has 0 aliphatic rings. The zero-order valence-corrected chi connectivity index (χ0v) is 25.8. The molecule has 0 aromatic heterocycles. The Bertz CT molecular complexity index is 2310. The van der Waals surface area contributed by atoms with Crippen LogP contribution in [-0.2, 0) is 40.4 Å². The Morgan fingerprint density at radius 2 is 1.27 bits per heavy atom. The Labute approximate surface area is 252 Å². The molecule has 0 aliphatic carbocycles. The molecule has 0 atom stereocenters. The topological polar surface area (TPSA) is 264 Å². The van der Waals surface area contributed by atoms with Gasteiger partial charge in [0.15, 0.2) is 0 Å². The molecule has 15 nitrogen and oxygen atoms in total. The van der Waals surface area contributed by atoms with Crippen LogP contribution in [0.5, 0.6) is 0 Å². The highest BCUT2D eigenvalue weighted by Gasteiger charge is 2.27. The quantitative estimate of drug-likeness (QED) is 0.115. The maximum atomic E-state index is 13.5. The molecule has 1 amide bonds. The lowest BCUT2D eigenvalue weighted by atomic mass is 10.1. The molecule has 19 heteroatoms. The number of nitrogen functional groups attached to an aromatic ring is 1. The minimum Gasteiger partial charge on any atom is -0.399 e. The number of aryl methyl sites for hydroxylation is 2. The molecule has 0 saturated heterocycles. The van der Waals surface area contributed by atoms with Gasteiger partial charge in [-0.15, -0.1) is 0 Å². The number of fused-ring (bicyclic) bond motifs is 1. The summed E-state index contributed by atoms with van der Waals surface area (Å²) < 4.78 is 130. The molecule has 234 valence electrons. The predicted molar refractivity (Wildman–Crippen MR) is 159 cm³/mol. The Morgan fingerprint density at radius 1 is 0.682 bits per heavy atom. The summed E-state index contributed by atoms with van der Waals surface area (Å²) in [7, 11) is -20.2. The van der Waals surface area contributed by atoms with Crippen LogP contribution in [0.4, 0.5) is 17.1 Å². The highest BCUT2D eigenvalue weighted by molar-refractivity contribution is 7.92. The van der Waals surface area contributed by atoms with E-state index in [1.165, 1.54) is 31.2 Å². The van der Waals surface area contributed by atoms with Crippen LogP contribution in [0.1, 0.15) is 21.5 Å². The summed E-state index contributed by atoms with van der Waals surface area (Å²) in [5, 5.41) is 1.34. The third-order valence-electron chi connectivity index (χ3n) is 6.30. The number of carbonyl (C=O) groups excluding carboxylic acids is 1. The summed E-state index contributed by atoms with van der Waals surface area (Å²) in [5.74, 6) is -0.508. The van der Waals surface area contributed by atoms with Gasteiger partial charge in [-0.3, -0.25) is 23.2 Å². The largest absolute Gasteiger partial charge is 0.399 e. The Hall–Kier alpha value is -4.11. The van der Waals surface area contributed by atoms with Gasteiger partial charge in [-0.1, -0.05) is 0 Å². The molecular weight excluding hydrogens is 663 g/mol. The molecule has 0 radical (unpaired) electrons. The van der Waals surface area contributed by atoms with Gasteiger partial charge in [0.1, 0.15) is 4.90 Å². The Morgan fingerprint density at radius 3 is 1.80 bits per heavy atom. The van der Waals surface area contributed by atoms with Crippen LogP contribution in [0, 0.1) is 13.8 Å². The minimum atomic E-state index is -5.33. The number of nitrogens with two attached hydrogens (primary N) is 1. The summed E-state index contributed by atoms with van der Waals surface area (Å²) >= 11 is 0. The Balaban J connectivity index is 1.84. The van der Waals surface area contributed by atoms with Gasteiger partial charge in [0.2, 0.25) is 0 Å². The number of sulfonamides is 1. The van der Waals surface area contributed by atoms with E-state index in [1.807, 2.05) is 4.72 Å². The fourth-order valence-electron chi connectivity index (χ4n) is 4.37. The maximum absolute atomic E-state index is 13.5. The van der Waals surface area contributed by atoms with E-state index in [2.05, 4.69) is 5.32 Å². The molecule has 4 aromatic carbocycles. The van der Waals surface area contributed by atoms with Crippen molar-refractivity contribution in [3.63, 3.8) is 0 Å². The van der Waals surface area contributed by atoms with E-state index in [1.54, 1.807) is 13.0 Å². The molecule has 0 unspecified atom stereocenters. The normalized spacial score (nSPS) is 12.7. The van der Waals surface area contributed by atoms with Gasteiger partial charge >= 0.3 is 0 Å². The van der Waals surface area contributed by atoms with Gasteiger partial charge in [0.05, 0.1) is 20.4 Å². The second-order valence-electron chi connectivity index (χ2n) is 9.53. The number of nitrogens with one attached hydrogen (secondary N) is 2. The van der Waals surface area contributed by atoms with E-state index in [4.69, 9.17) is 5.73 Å². The van der Waals surface area contributed by atoms with E-state index >= 15 is 0 Å². The zero-order valence-electron chi connectivity index (χ0n) is 22.5. The van der Waals surface area contributed by atoms with Crippen LogP contribution in [0.15, 0.2) is 80.2 Å². The fourth-order valence-corrected chi connectivity index (χ4v) is 7.58. The number of amides is 1. The van der Waals surface area contributed by atoms with Crippen molar-refractivity contribution in [2.45, 2.75) is 33.4 Å². The van der Waals surface area contributed by atoms with Crippen molar-refractivity contribution in [2.75, 3.05) is 15.8 Å². The lowest BCUT2D eigenvalue weighted by molar-refractivity contribution is 0.102. The molecule has 4 aromatic rings. The number of hydrogen-bond donors (Lipinski definition) is 6. The molecule has 44 heavy (non-hydrogen) atoms. The van der Waals surface area contributed by atoms with Crippen LogP contribution < -0.4 is 15.8 Å². The highest BCUT2D eigenvalue weighted by Crippen LogP contribution is 2.37. The minimum absolute atomic E-state index is 0.0724. The molecule has 7 N–H and O–H groups in total. The van der Waals surface area contributed by atoms with E-state index in [0.29, 0.717) is 41.1 Å². The van der Waals surface area contributed by atoms with Gasteiger partial charge in [0, 0.05) is 22.3 Å². The van der Waals surface area contributed by atoms with E-state index < -0.39 is 82.3 Å². The molecular formula is C25H23N3O12S4. The first-order chi connectivity index (χ1) is 20.1. The second kappa shape index (κ2) is 11.1. The molecule has 0 heterocycles. The average Bonchev–Trinajstić information content (AvgIpc) is 2.85. The van der Waals surface area contributed by atoms with E-state index in [9.17, 15) is 52.1 Å². The monoisotopic (exact) mass is 685 g/mol. The molecule has 0 fully saturated rings. The summed E-state index contributed by atoms with van der Waals surface area (Å²) in [6, 6.07) is 10.4. The lowest BCUT2D eigenvalue weighted by Crippen LogP contribution is -2.17. The van der Waals surface area contributed by atoms with Gasteiger partial charge in [-0.25, -0.2) is 8.42 Å². The van der Waals surface area contributed by atoms with Gasteiger partial charge < -0.3 is 11.1 Å². The molecule has 0 aliphatic heterocycles. The van der Waals surface area contributed by atoms with Gasteiger partial charge in [-0.05, 0) is 91.0 Å². The van der Waals surface area contributed by atoms with Crippen molar-refractivity contribution >= 4 is 74.1 Å². The smallest absolute Gasteiger partial charge is 0.295 e. The SMILES string of the molecule is Cc1cc(N)ccc1C(=O)Nc1ccc(S(=O)(=O)Nc2cc(S(=O)(=O)O)cc3cc(S(=O)(=O)O)cc(S(=O)(=O)O)c23)c(C)c1. The summed E-state index contributed by atoms with van der Waals surface area (Å²) in [4.78, 5) is 9.07. The summed E-state index contributed by atoms with van der Waals surface area (Å²) in [6.45, 7) is 3.04. The number of benzene rings is 4. The van der Waals surface area contributed by atoms with Crippen molar-refractivity contribution in [3.8, 4) is 0 Å². The van der Waals surface area contributed by atoms with Crippen LogP contribution in [0.2, 0.25) is 0 Å². The molecule has 4 rings (SSSR count). The van der Waals surface area contributed by atoms with Gasteiger partial charge in [0.25, 0.3) is 46.3 Å². The van der Waals surface area contributed by atoms with Crippen molar-refractivity contribution in [1.82, 2.24) is 0 Å². The number of rotatable bonds is 8. The first kappa shape index (κ1) is 32.8. The van der Waals surface area contributed by atoms with Crippen molar-refractivity contribution in [3.05, 3.63) is 77.4 Å². The van der Waals surface area contributed by atoms with E-state index in [-0.39, 0.29) is 11.3 Å². The fraction of sp³-hybridized carbons (Fsp3) is 0.0800. The predicted octanol–water partition coefficient (Wildman–Crippen LogP) is 2.83. The third-order valence-corrected chi connectivity index (χ3v) is 10.4. The lowest BCUT2D eigenvalue weighted by Gasteiger charge is -2.17. The summed E-state index contributed by atoms with van der Waals surface area (Å²) in [6.07, 6.45) is 0. The van der Waals surface area contributed by atoms with Crippen molar-refractivity contribution in [1.29, 1.82) is 0 Å². The van der Waals surface area contributed by atoms with E-state index in [0.717, 1.165) is 6.07 Å². The third kappa shape index (κ3) is 6.83. The number of anilines is 3. The average molecular weight is 686 g/mol. The van der Waals surface area contributed by atoms with Crippen LogP contribution >= 0.6 is 0 Å². The molecule has 0 spiro atoms. The van der Waals surface area contributed by atoms with Gasteiger partial charge in [-0.2, -0.15) is 25.3 Å². The van der Waals surface area contributed by atoms with Crippen molar-refractivity contribution < 1.29 is 52.1 Å². The number of hydrogen-bond acceptors (Lipinski definition) is 10. The maximum Gasteiger partial charge on any atom is 0.295 e. The van der Waals surface area contributed by atoms with Crippen LogP contribution in [-0.4, -0.2) is 53.2 Å². The molecule has 0 bridgehead atoms. The first-order valence-corrected chi connectivity index (χ1v) is 17.7. The first-order valence-electron chi connectivity index (χ1n) is 11.9. The van der Waals surface area contributed by atoms with Crippen LogP contribution in [0.3, 0.4) is 0 Å². The second-order valence-corrected chi connectivity index (χ2v) is 15.4. The Kier molecular flexibility index (Phi) is 8.28. The highest BCUT2D eigenvalue weighted by atomic mass is 32.2. The summed E-state index contributed by atoms with van der Waals surface area (Å²) in [5.41, 5.74) is 6.55. The molecule has 0 saturated carbocycles. The standard InChI is InChI=1S/C25H23N3O12S4/c1-13-7-16(26)3-5-20(13)25(29)27-17-4-6-22(14(2)8-17)41(30,31)28-21-11-18(42(32,33)34)9-15-10-19(43(35,36)37)12-23(24(15)21)44(38,39)40/h3-12,28H,26H2,1-2H3,(H,27,29)(H,32,33,34)(H,35,36,37)(H,38,39,40). The zero-order chi connectivity index (χ0) is 33.0. The van der Waals surface area contributed by atoms with Crippen molar-refractivity contribution in [2.24, 2.45) is 0 Å².